The minimum atomic E-state index is -0.259. The summed E-state index contributed by atoms with van der Waals surface area (Å²) in [5.74, 6) is 2.88. The topological polar surface area (TPSA) is 138 Å². The Kier molecular flexibility index (Phi) is 7.44. The van der Waals surface area contributed by atoms with E-state index in [1.54, 1.807) is 12.5 Å². The van der Waals surface area contributed by atoms with E-state index in [4.69, 9.17) is 9.40 Å². The van der Waals surface area contributed by atoms with Crippen molar-refractivity contribution in [2.45, 2.75) is 65.0 Å². The first-order chi connectivity index (χ1) is 16.7. The molecule has 3 aromatic heterocycles. The number of carbonyl (C=O) groups excluding carboxylic acids is 1. The molecule has 1 unspecified atom stereocenters. The van der Waals surface area contributed by atoms with Crippen LogP contribution in [0.2, 0.25) is 0 Å². The first kappa shape index (κ1) is 24.8. The Hall–Kier alpha value is -3.34. The maximum Gasteiger partial charge on any atom is 0.259 e. The lowest BCUT2D eigenvalue weighted by Crippen LogP contribution is -2.52. The largest absolute Gasteiger partial charge is 0.467 e. The molecule has 11 heteroatoms. The van der Waals surface area contributed by atoms with Crippen LogP contribution < -0.4 is 10.6 Å². The number of piperidine rings is 1. The summed E-state index contributed by atoms with van der Waals surface area (Å²) in [5, 5.41) is 21.3. The molecule has 0 aliphatic carbocycles. The summed E-state index contributed by atoms with van der Waals surface area (Å²) in [5.41, 5.74) is 0.192. The van der Waals surface area contributed by atoms with Crippen molar-refractivity contribution in [2.75, 3.05) is 25.0 Å². The molecule has 2 atom stereocenters. The van der Waals surface area contributed by atoms with Gasteiger partial charge in [-0.05, 0) is 24.5 Å². The Morgan fingerprint density at radius 2 is 2.14 bits per heavy atom. The zero-order valence-electron chi connectivity index (χ0n) is 21.1. The molecule has 3 aromatic rings. The molecule has 4 heterocycles. The maximum absolute atomic E-state index is 14.0. The Morgan fingerprint density at radius 1 is 1.31 bits per heavy atom. The van der Waals surface area contributed by atoms with Gasteiger partial charge >= 0.3 is 0 Å². The van der Waals surface area contributed by atoms with Crippen molar-refractivity contribution in [1.29, 1.82) is 0 Å². The first-order valence-corrected chi connectivity index (χ1v) is 12.1. The number of hydrogen-bond donors (Lipinski definition) is 3. The molecule has 1 fully saturated rings. The lowest BCUT2D eigenvalue weighted by molar-refractivity contribution is 0.0607. The van der Waals surface area contributed by atoms with Gasteiger partial charge in [0.1, 0.15) is 23.0 Å². The molecule has 11 nitrogen and oxygen atoms in total. The van der Waals surface area contributed by atoms with Crippen LogP contribution in [0.15, 0.2) is 29.0 Å². The number of nitrogens with one attached hydrogen (secondary N) is 3. The highest BCUT2D eigenvalue weighted by molar-refractivity contribution is 5.98. The van der Waals surface area contributed by atoms with Crippen LogP contribution in [-0.4, -0.2) is 67.1 Å². The number of nitrogens with zero attached hydrogens (tertiary/aromatic N) is 6. The summed E-state index contributed by atoms with van der Waals surface area (Å²) in [6.07, 6.45) is 4.03. The molecule has 0 saturated carbocycles. The van der Waals surface area contributed by atoms with Gasteiger partial charge in [0.25, 0.3) is 5.91 Å². The third kappa shape index (κ3) is 6.02. The Labute approximate surface area is 205 Å². The predicted molar refractivity (Wildman–Crippen MR) is 131 cm³/mol. The number of furan rings is 1. The number of aromatic amines is 1. The summed E-state index contributed by atoms with van der Waals surface area (Å²) in [7, 11) is 0. The number of rotatable bonds is 8. The zero-order valence-corrected chi connectivity index (χ0v) is 21.1. The summed E-state index contributed by atoms with van der Waals surface area (Å²) < 4.78 is 5.47. The van der Waals surface area contributed by atoms with Gasteiger partial charge in [-0.1, -0.05) is 39.8 Å². The van der Waals surface area contributed by atoms with E-state index >= 15 is 0 Å². The number of tetrazole rings is 1. The number of carbonyl (C=O) groups is 1. The molecule has 1 amide bonds. The molecule has 1 saturated heterocycles. The second-order valence-electron chi connectivity index (χ2n) is 10.5. The van der Waals surface area contributed by atoms with E-state index < -0.39 is 0 Å². The van der Waals surface area contributed by atoms with Gasteiger partial charge in [-0.2, -0.15) is 5.21 Å². The fourth-order valence-electron chi connectivity index (χ4n) is 4.26. The van der Waals surface area contributed by atoms with Gasteiger partial charge in [-0.15, -0.1) is 10.2 Å². The van der Waals surface area contributed by atoms with E-state index in [2.05, 4.69) is 70.9 Å². The average Bonchev–Trinajstić information content (AvgIpc) is 3.54. The van der Waals surface area contributed by atoms with Crippen LogP contribution in [-0.2, 0) is 12.0 Å². The van der Waals surface area contributed by atoms with E-state index in [-0.39, 0.29) is 23.3 Å². The van der Waals surface area contributed by atoms with Crippen LogP contribution >= 0.6 is 0 Å². The molecule has 0 radical (unpaired) electrons. The second kappa shape index (κ2) is 10.5. The van der Waals surface area contributed by atoms with Crippen LogP contribution in [0.25, 0.3) is 0 Å². The lowest BCUT2D eigenvalue weighted by Gasteiger charge is -2.38. The van der Waals surface area contributed by atoms with Crippen LogP contribution in [0.5, 0.6) is 0 Å². The molecule has 1 aliphatic rings. The number of anilines is 1. The molecule has 0 spiro atoms. The monoisotopic (exact) mass is 481 g/mol. The molecule has 188 valence electrons. The Bertz CT molecular complexity index is 1090. The van der Waals surface area contributed by atoms with Gasteiger partial charge in [0.2, 0.25) is 0 Å². The Balaban J connectivity index is 1.63. The van der Waals surface area contributed by atoms with Crippen molar-refractivity contribution in [1.82, 2.24) is 40.8 Å². The zero-order chi connectivity index (χ0) is 25.0. The fraction of sp³-hybridized carbons (Fsp3) is 0.583. The quantitative estimate of drug-likeness (QED) is 0.443. The molecule has 1 aliphatic heterocycles. The van der Waals surface area contributed by atoms with E-state index in [1.807, 2.05) is 17.0 Å². The smallest absolute Gasteiger partial charge is 0.259 e. The predicted octanol–water partition coefficient (Wildman–Crippen LogP) is 2.74. The van der Waals surface area contributed by atoms with Gasteiger partial charge in [0.05, 0.1) is 12.8 Å². The van der Waals surface area contributed by atoms with E-state index in [9.17, 15) is 4.79 Å². The van der Waals surface area contributed by atoms with Crippen molar-refractivity contribution in [3.05, 3.63) is 47.6 Å². The maximum atomic E-state index is 14.0. The lowest BCUT2D eigenvalue weighted by atomic mass is 9.93. The molecular weight excluding hydrogens is 446 g/mol. The van der Waals surface area contributed by atoms with Crippen molar-refractivity contribution in [2.24, 2.45) is 5.92 Å². The second-order valence-corrected chi connectivity index (χ2v) is 10.5. The summed E-state index contributed by atoms with van der Waals surface area (Å²) >= 11 is 0. The van der Waals surface area contributed by atoms with Crippen molar-refractivity contribution < 1.29 is 9.21 Å². The Morgan fingerprint density at radius 3 is 2.80 bits per heavy atom. The average molecular weight is 482 g/mol. The highest BCUT2D eigenvalue weighted by Crippen LogP contribution is 2.27. The molecule has 0 aromatic carbocycles. The van der Waals surface area contributed by atoms with E-state index in [0.29, 0.717) is 48.6 Å². The highest BCUT2D eigenvalue weighted by Gasteiger charge is 2.34. The van der Waals surface area contributed by atoms with Gasteiger partial charge in [0.15, 0.2) is 5.82 Å². The first-order valence-electron chi connectivity index (χ1n) is 12.1. The van der Waals surface area contributed by atoms with Crippen molar-refractivity contribution >= 4 is 11.7 Å². The molecule has 3 N–H and O–H groups in total. The SMILES string of the molecule is CC(C)CN(C(=O)c1cnc(C(C)(C)C)nc1NCc1ccco1)C1CNC[C@H](c2nn[nH]n2)C1. The van der Waals surface area contributed by atoms with Gasteiger partial charge < -0.3 is 20.0 Å². The normalized spacial score (nSPS) is 18.6. The molecule has 35 heavy (non-hydrogen) atoms. The van der Waals surface area contributed by atoms with E-state index in [0.717, 1.165) is 18.7 Å². The third-order valence-electron chi connectivity index (χ3n) is 6.02. The summed E-state index contributed by atoms with van der Waals surface area (Å²) in [6, 6.07) is 3.70. The van der Waals surface area contributed by atoms with Crippen LogP contribution in [0.1, 0.15) is 74.7 Å². The van der Waals surface area contributed by atoms with E-state index in [1.165, 1.54) is 0 Å². The molecular formula is C24H35N9O2. The van der Waals surface area contributed by atoms with Crippen LogP contribution in [0.4, 0.5) is 5.82 Å². The number of amides is 1. The van der Waals surface area contributed by atoms with Crippen molar-refractivity contribution in [3.8, 4) is 0 Å². The van der Waals surface area contributed by atoms with Crippen molar-refractivity contribution in [3.63, 3.8) is 0 Å². The van der Waals surface area contributed by atoms with Gasteiger partial charge in [0, 0.05) is 43.2 Å². The van der Waals surface area contributed by atoms with Gasteiger partial charge in [-0.25, -0.2) is 9.97 Å². The molecule has 0 bridgehead atoms. The number of H-pyrrole nitrogens is 1. The van der Waals surface area contributed by atoms with Gasteiger partial charge in [-0.3, -0.25) is 4.79 Å². The minimum Gasteiger partial charge on any atom is -0.467 e. The fourth-order valence-corrected chi connectivity index (χ4v) is 4.26. The number of aromatic nitrogens is 6. The van der Waals surface area contributed by atoms with Crippen LogP contribution in [0.3, 0.4) is 0 Å². The minimum absolute atomic E-state index is 0.0256. The summed E-state index contributed by atoms with van der Waals surface area (Å²) in [6.45, 7) is 12.9. The van der Waals surface area contributed by atoms with Crippen LogP contribution in [0, 0.1) is 5.92 Å². The molecule has 4 rings (SSSR count). The third-order valence-corrected chi connectivity index (χ3v) is 6.02. The highest BCUT2D eigenvalue weighted by atomic mass is 16.3. The standard InChI is InChI=1S/C24H35N9O2/c1-15(2)14-33(17-9-16(10-25-11-17)20-29-31-32-30-20)22(34)19-13-27-23(24(3,4)5)28-21(19)26-12-18-7-6-8-35-18/h6-8,13,15-17,25H,9-12,14H2,1-5H3,(H,26,27,28)(H,29,30,31,32)/t16-,17?/m1/s1. The number of hydrogen-bond acceptors (Lipinski definition) is 9. The summed E-state index contributed by atoms with van der Waals surface area (Å²) in [4.78, 5) is 25.3.